The van der Waals surface area contributed by atoms with Crippen LogP contribution in [0.4, 0.5) is 5.95 Å². The van der Waals surface area contributed by atoms with Crippen LogP contribution < -0.4 is 14.8 Å². The number of carbonyl (C=O) groups excluding carboxylic acids is 2. The number of nitrogens with one attached hydrogen (secondary N) is 1. The highest BCUT2D eigenvalue weighted by molar-refractivity contribution is 7.89. The van der Waals surface area contributed by atoms with Gasteiger partial charge >= 0.3 is 5.97 Å². The predicted octanol–water partition coefficient (Wildman–Crippen LogP) is 2.12. The van der Waals surface area contributed by atoms with Gasteiger partial charge in [0.15, 0.2) is 6.61 Å². The van der Waals surface area contributed by atoms with Crippen LogP contribution >= 0.6 is 11.6 Å². The molecule has 2 aromatic rings. The van der Waals surface area contributed by atoms with Gasteiger partial charge in [0, 0.05) is 13.1 Å². The number of benzene rings is 1. The fourth-order valence-corrected chi connectivity index (χ4v) is 4.85. The minimum Gasteiger partial charge on any atom is -0.481 e. The molecule has 0 saturated carbocycles. The Balaban J connectivity index is 1.68. The van der Waals surface area contributed by atoms with Crippen LogP contribution in [0.1, 0.15) is 29.6 Å². The van der Waals surface area contributed by atoms with E-state index in [2.05, 4.69) is 15.3 Å². The van der Waals surface area contributed by atoms with Gasteiger partial charge in [0.25, 0.3) is 5.91 Å². The number of halogens is 1. The SMILES string of the molecule is COc1cc(OC)nc(NC(=O)COC(=O)c2cc(S(=O)(=O)N3CCCCC3)ccc2Cl)n1. The van der Waals surface area contributed by atoms with Crippen molar-refractivity contribution in [2.24, 2.45) is 0 Å². The molecule has 0 atom stereocenters. The maximum atomic E-state index is 12.9. The van der Waals surface area contributed by atoms with E-state index in [0.717, 1.165) is 25.3 Å². The van der Waals surface area contributed by atoms with Gasteiger partial charge in [-0.2, -0.15) is 14.3 Å². The van der Waals surface area contributed by atoms with Crippen LogP contribution in [0.5, 0.6) is 11.8 Å². The average molecular weight is 499 g/mol. The lowest BCUT2D eigenvalue weighted by Crippen LogP contribution is -2.35. The van der Waals surface area contributed by atoms with Crippen molar-refractivity contribution in [3.8, 4) is 11.8 Å². The molecule has 2 heterocycles. The first kappa shape index (κ1) is 24.7. The lowest BCUT2D eigenvalue weighted by Gasteiger charge is -2.26. The second-order valence-electron chi connectivity index (χ2n) is 7.01. The van der Waals surface area contributed by atoms with E-state index in [1.54, 1.807) is 0 Å². The monoisotopic (exact) mass is 498 g/mol. The van der Waals surface area contributed by atoms with E-state index in [0.29, 0.717) is 13.1 Å². The molecule has 1 aromatic carbocycles. The first-order valence-corrected chi connectivity index (χ1v) is 11.8. The van der Waals surface area contributed by atoms with Gasteiger partial charge in [0.2, 0.25) is 27.7 Å². The number of aromatic nitrogens is 2. The van der Waals surface area contributed by atoms with Crippen molar-refractivity contribution in [3.05, 3.63) is 34.9 Å². The zero-order valence-electron chi connectivity index (χ0n) is 18.0. The summed E-state index contributed by atoms with van der Waals surface area (Å²) < 4.78 is 42.1. The van der Waals surface area contributed by atoms with E-state index in [1.165, 1.54) is 36.7 Å². The van der Waals surface area contributed by atoms with E-state index in [9.17, 15) is 18.0 Å². The van der Waals surface area contributed by atoms with Crippen LogP contribution in [0.15, 0.2) is 29.2 Å². The van der Waals surface area contributed by atoms with Crippen LogP contribution in [0.3, 0.4) is 0 Å². The standard InChI is InChI=1S/C20H23ClN4O7S/c1-30-17-11-18(31-2)24-20(23-17)22-16(26)12-32-19(27)14-10-13(6-7-15(14)21)33(28,29)25-8-4-3-5-9-25/h6-7,10-11H,3-5,8-9,12H2,1-2H3,(H,22,23,24,26). The molecular weight excluding hydrogens is 476 g/mol. The molecule has 178 valence electrons. The van der Waals surface area contributed by atoms with Crippen molar-refractivity contribution >= 4 is 39.4 Å². The number of hydrogen-bond donors (Lipinski definition) is 1. The van der Waals surface area contributed by atoms with Crippen molar-refractivity contribution in [3.63, 3.8) is 0 Å². The second-order valence-corrected chi connectivity index (χ2v) is 9.35. The van der Waals surface area contributed by atoms with Crippen molar-refractivity contribution in [2.45, 2.75) is 24.2 Å². The third-order valence-electron chi connectivity index (χ3n) is 4.79. The number of hydrogen-bond acceptors (Lipinski definition) is 9. The molecule has 1 aliphatic rings. The minimum absolute atomic E-state index is 0.00105. The zero-order chi connectivity index (χ0) is 24.0. The van der Waals surface area contributed by atoms with Gasteiger partial charge in [-0.25, -0.2) is 13.2 Å². The number of methoxy groups -OCH3 is 2. The Morgan fingerprint density at radius 3 is 2.30 bits per heavy atom. The molecule has 1 saturated heterocycles. The normalized spacial score (nSPS) is 14.4. The molecule has 11 nitrogen and oxygen atoms in total. The van der Waals surface area contributed by atoms with E-state index < -0.39 is 28.5 Å². The van der Waals surface area contributed by atoms with Crippen molar-refractivity contribution in [1.29, 1.82) is 0 Å². The molecule has 1 aromatic heterocycles. The van der Waals surface area contributed by atoms with E-state index >= 15 is 0 Å². The van der Waals surface area contributed by atoms with E-state index in [-0.39, 0.29) is 33.2 Å². The summed E-state index contributed by atoms with van der Waals surface area (Å²) in [5.74, 6) is -1.47. The summed E-state index contributed by atoms with van der Waals surface area (Å²) in [5.41, 5.74) is -0.165. The van der Waals surface area contributed by atoms with Gasteiger partial charge in [0.05, 0.1) is 35.8 Å². The van der Waals surface area contributed by atoms with Crippen LogP contribution in [-0.4, -0.2) is 68.5 Å². The number of nitrogens with zero attached hydrogens (tertiary/aromatic N) is 3. The molecule has 1 aliphatic heterocycles. The lowest BCUT2D eigenvalue weighted by atomic mass is 10.2. The highest BCUT2D eigenvalue weighted by Crippen LogP contribution is 2.25. The fourth-order valence-electron chi connectivity index (χ4n) is 3.11. The summed E-state index contributed by atoms with van der Waals surface area (Å²) in [6.07, 6.45) is 2.53. The summed E-state index contributed by atoms with van der Waals surface area (Å²) in [7, 11) is -0.998. The molecule has 0 aliphatic carbocycles. The largest absolute Gasteiger partial charge is 0.481 e. The Bertz CT molecular complexity index is 1110. The molecule has 0 unspecified atom stereocenters. The number of esters is 1. The molecule has 1 fully saturated rings. The smallest absolute Gasteiger partial charge is 0.340 e. The lowest BCUT2D eigenvalue weighted by molar-refractivity contribution is -0.119. The Morgan fingerprint density at radius 1 is 1.06 bits per heavy atom. The average Bonchev–Trinajstić information content (AvgIpc) is 2.82. The quantitative estimate of drug-likeness (QED) is 0.542. The van der Waals surface area contributed by atoms with Crippen molar-refractivity contribution < 1.29 is 32.2 Å². The van der Waals surface area contributed by atoms with E-state index in [1.807, 2.05) is 0 Å². The van der Waals surface area contributed by atoms with Crippen molar-refractivity contribution in [1.82, 2.24) is 14.3 Å². The molecule has 0 bridgehead atoms. The molecule has 33 heavy (non-hydrogen) atoms. The Kier molecular flexibility index (Phi) is 8.06. The predicted molar refractivity (Wildman–Crippen MR) is 118 cm³/mol. The molecule has 13 heteroatoms. The Labute approximate surface area is 196 Å². The van der Waals surface area contributed by atoms with Crippen LogP contribution in [0.25, 0.3) is 0 Å². The number of amides is 1. The maximum Gasteiger partial charge on any atom is 0.340 e. The van der Waals surface area contributed by atoms with Crippen molar-refractivity contribution in [2.75, 3.05) is 39.2 Å². The number of sulfonamides is 1. The fraction of sp³-hybridized carbons (Fsp3) is 0.400. The first-order valence-electron chi connectivity index (χ1n) is 9.98. The Hall–Kier alpha value is -2.96. The first-order chi connectivity index (χ1) is 15.7. The van der Waals surface area contributed by atoms with E-state index in [4.69, 9.17) is 25.8 Å². The summed E-state index contributed by atoms with van der Waals surface area (Å²) in [5, 5.41) is 2.36. The Morgan fingerprint density at radius 2 is 1.70 bits per heavy atom. The highest BCUT2D eigenvalue weighted by atomic mass is 35.5. The number of piperidine rings is 1. The van der Waals surface area contributed by atoms with Gasteiger partial charge in [-0.05, 0) is 31.0 Å². The topological polar surface area (TPSA) is 137 Å². The van der Waals surface area contributed by atoms with Crippen LogP contribution in [-0.2, 0) is 19.6 Å². The number of anilines is 1. The molecule has 3 rings (SSSR count). The number of rotatable bonds is 8. The maximum absolute atomic E-state index is 12.9. The third kappa shape index (κ3) is 6.09. The third-order valence-corrected chi connectivity index (χ3v) is 7.02. The van der Waals surface area contributed by atoms with Gasteiger partial charge in [-0.1, -0.05) is 18.0 Å². The minimum atomic E-state index is -3.77. The van der Waals surface area contributed by atoms with Crippen LogP contribution in [0.2, 0.25) is 5.02 Å². The summed E-state index contributed by atoms with van der Waals surface area (Å²) in [6, 6.07) is 5.22. The molecular formula is C20H23ClN4O7S. The summed E-state index contributed by atoms with van der Waals surface area (Å²) >= 11 is 6.08. The van der Waals surface area contributed by atoms with Gasteiger partial charge in [-0.3, -0.25) is 10.1 Å². The number of carbonyl (C=O) groups is 2. The molecule has 0 radical (unpaired) electrons. The molecule has 1 N–H and O–H groups in total. The highest BCUT2D eigenvalue weighted by Gasteiger charge is 2.27. The van der Waals surface area contributed by atoms with Gasteiger partial charge in [-0.15, -0.1) is 0 Å². The summed E-state index contributed by atoms with van der Waals surface area (Å²) in [6.45, 7) is 0.158. The molecule has 0 spiro atoms. The van der Waals surface area contributed by atoms with Gasteiger partial charge in [0.1, 0.15) is 0 Å². The number of ether oxygens (including phenoxy) is 3. The zero-order valence-corrected chi connectivity index (χ0v) is 19.6. The summed E-state index contributed by atoms with van der Waals surface area (Å²) in [4.78, 5) is 32.5. The van der Waals surface area contributed by atoms with Crippen LogP contribution in [0, 0.1) is 0 Å². The second kappa shape index (κ2) is 10.8. The van der Waals surface area contributed by atoms with Gasteiger partial charge < -0.3 is 14.2 Å². The molecule has 1 amide bonds.